The fraction of sp³-hybridized carbons (Fsp3) is 0.294. The van der Waals surface area contributed by atoms with Gasteiger partial charge in [0.15, 0.2) is 0 Å². The summed E-state index contributed by atoms with van der Waals surface area (Å²) in [5, 5.41) is 3.34. The van der Waals surface area contributed by atoms with Crippen LogP contribution in [0.15, 0.2) is 35.6 Å². The van der Waals surface area contributed by atoms with Crippen LogP contribution in [0.2, 0.25) is 0 Å². The number of amides is 1. The summed E-state index contributed by atoms with van der Waals surface area (Å²) in [4.78, 5) is 34.6. The van der Waals surface area contributed by atoms with E-state index in [1.807, 2.05) is 0 Å². The molecule has 24 heavy (non-hydrogen) atoms. The molecule has 0 aliphatic rings. The third-order valence-corrected chi connectivity index (χ3v) is 4.99. The van der Waals surface area contributed by atoms with Crippen molar-refractivity contribution in [3.63, 3.8) is 0 Å². The highest BCUT2D eigenvalue weighted by molar-refractivity contribution is 7.20. The Hall–Kier alpha value is -2.54. The Bertz CT molecular complexity index is 931. The summed E-state index contributed by atoms with van der Waals surface area (Å²) in [6.45, 7) is 4.52. The van der Waals surface area contributed by atoms with Gasteiger partial charge in [0.2, 0.25) is 0 Å². The van der Waals surface area contributed by atoms with Crippen molar-refractivity contribution in [1.29, 1.82) is 0 Å². The summed E-state index contributed by atoms with van der Waals surface area (Å²) in [6, 6.07) is 3.52. The molecular weight excluding hydrogens is 324 g/mol. The molecule has 1 amide bonds. The van der Waals surface area contributed by atoms with E-state index < -0.39 is 0 Å². The highest BCUT2D eigenvalue weighted by Gasteiger charge is 2.19. The van der Waals surface area contributed by atoms with Crippen LogP contribution in [-0.4, -0.2) is 20.4 Å². The molecule has 7 heteroatoms. The number of anilines is 1. The number of fused-ring (bicyclic) bond motifs is 1. The molecule has 0 radical (unpaired) electrons. The minimum Gasteiger partial charge on any atom is -0.320 e. The Kier molecular flexibility index (Phi) is 4.71. The average molecular weight is 342 g/mol. The summed E-state index contributed by atoms with van der Waals surface area (Å²) >= 11 is 1.24. The molecule has 3 aromatic rings. The summed E-state index contributed by atoms with van der Waals surface area (Å²) in [6.07, 6.45) is 6.72. The van der Waals surface area contributed by atoms with Gasteiger partial charge in [-0.1, -0.05) is 13.3 Å². The van der Waals surface area contributed by atoms with Crippen LogP contribution in [0.25, 0.3) is 10.2 Å². The summed E-state index contributed by atoms with van der Waals surface area (Å²) in [5.74, 6) is -0.247. The number of pyridine rings is 1. The van der Waals surface area contributed by atoms with Crippen LogP contribution in [0.5, 0.6) is 0 Å². The third-order valence-electron chi connectivity index (χ3n) is 3.80. The summed E-state index contributed by atoms with van der Waals surface area (Å²) in [5.41, 5.74) is 1.22. The van der Waals surface area contributed by atoms with Gasteiger partial charge in [-0.3, -0.25) is 19.1 Å². The molecule has 0 saturated carbocycles. The van der Waals surface area contributed by atoms with E-state index in [0.29, 0.717) is 32.9 Å². The van der Waals surface area contributed by atoms with Crippen molar-refractivity contribution < 1.29 is 4.79 Å². The summed E-state index contributed by atoms with van der Waals surface area (Å²) < 4.78 is 1.62. The topological polar surface area (TPSA) is 76.9 Å². The molecule has 0 aromatic carbocycles. The van der Waals surface area contributed by atoms with Gasteiger partial charge in [0.1, 0.15) is 4.83 Å². The molecule has 124 valence electrons. The van der Waals surface area contributed by atoms with Gasteiger partial charge in [0, 0.05) is 12.7 Å². The SMILES string of the molecule is CCCCn1cnc2sc(C(=O)Nc3cccnc3)c(C)c2c1=O. The number of aromatic nitrogens is 3. The largest absolute Gasteiger partial charge is 0.320 e. The van der Waals surface area contributed by atoms with Crippen LogP contribution in [-0.2, 0) is 6.54 Å². The van der Waals surface area contributed by atoms with Crippen LogP contribution < -0.4 is 10.9 Å². The molecule has 6 nitrogen and oxygen atoms in total. The van der Waals surface area contributed by atoms with E-state index in [1.165, 1.54) is 11.3 Å². The average Bonchev–Trinajstić information content (AvgIpc) is 2.93. The van der Waals surface area contributed by atoms with E-state index in [0.717, 1.165) is 12.8 Å². The second-order valence-corrected chi connectivity index (χ2v) is 6.53. The molecule has 0 aliphatic carbocycles. The van der Waals surface area contributed by atoms with Gasteiger partial charge in [-0.15, -0.1) is 11.3 Å². The molecule has 0 saturated heterocycles. The van der Waals surface area contributed by atoms with Crippen LogP contribution >= 0.6 is 11.3 Å². The fourth-order valence-corrected chi connectivity index (χ4v) is 3.52. The predicted molar refractivity (Wildman–Crippen MR) is 95.7 cm³/mol. The number of hydrogen-bond donors (Lipinski definition) is 1. The lowest BCUT2D eigenvalue weighted by Crippen LogP contribution is -2.20. The lowest BCUT2D eigenvalue weighted by atomic mass is 10.2. The Morgan fingerprint density at radius 1 is 1.42 bits per heavy atom. The first-order chi connectivity index (χ1) is 11.6. The number of unbranched alkanes of at least 4 members (excludes halogenated alkanes) is 1. The Morgan fingerprint density at radius 2 is 2.25 bits per heavy atom. The number of carbonyl (C=O) groups excluding carboxylic acids is 1. The van der Waals surface area contributed by atoms with Gasteiger partial charge in [0.05, 0.1) is 28.5 Å². The maximum Gasteiger partial charge on any atom is 0.266 e. The highest BCUT2D eigenvalue weighted by atomic mass is 32.1. The minimum absolute atomic E-state index is 0.0809. The number of thiophene rings is 1. The standard InChI is InChI=1S/C17H18N4O2S/c1-3-4-8-21-10-19-16-13(17(21)23)11(2)14(24-16)15(22)20-12-6-5-7-18-9-12/h5-7,9-10H,3-4,8H2,1-2H3,(H,20,22). The van der Waals surface area contributed by atoms with E-state index >= 15 is 0 Å². The Labute approximate surface area is 143 Å². The number of aryl methyl sites for hydroxylation is 2. The van der Waals surface area contributed by atoms with Gasteiger partial charge in [-0.2, -0.15) is 0 Å². The van der Waals surface area contributed by atoms with Gasteiger partial charge in [-0.25, -0.2) is 4.98 Å². The molecular formula is C17H18N4O2S. The zero-order valence-corrected chi connectivity index (χ0v) is 14.4. The third kappa shape index (κ3) is 3.07. The second-order valence-electron chi connectivity index (χ2n) is 5.53. The van der Waals surface area contributed by atoms with Crippen molar-refractivity contribution in [2.24, 2.45) is 0 Å². The lowest BCUT2D eigenvalue weighted by molar-refractivity contribution is 0.103. The van der Waals surface area contributed by atoms with E-state index in [2.05, 4.69) is 22.2 Å². The number of hydrogen-bond acceptors (Lipinski definition) is 5. The summed E-state index contributed by atoms with van der Waals surface area (Å²) in [7, 11) is 0. The monoisotopic (exact) mass is 342 g/mol. The van der Waals surface area contributed by atoms with Crippen molar-refractivity contribution in [2.45, 2.75) is 33.2 Å². The van der Waals surface area contributed by atoms with Crippen LogP contribution in [0.4, 0.5) is 5.69 Å². The first kappa shape index (κ1) is 16.3. The zero-order valence-electron chi connectivity index (χ0n) is 13.6. The van der Waals surface area contributed by atoms with Crippen LogP contribution in [0.3, 0.4) is 0 Å². The molecule has 1 N–H and O–H groups in total. The molecule has 0 unspecified atom stereocenters. The number of nitrogens with zero attached hydrogens (tertiary/aromatic N) is 3. The molecule has 0 spiro atoms. The van der Waals surface area contributed by atoms with Gasteiger partial charge in [-0.05, 0) is 31.0 Å². The molecule has 3 aromatic heterocycles. The van der Waals surface area contributed by atoms with Crippen molar-refractivity contribution in [2.75, 3.05) is 5.32 Å². The fourth-order valence-electron chi connectivity index (χ4n) is 2.49. The minimum atomic E-state index is -0.247. The van der Waals surface area contributed by atoms with Crippen molar-refractivity contribution in [3.05, 3.63) is 51.6 Å². The molecule has 0 atom stereocenters. The van der Waals surface area contributed by atoms with Gasteiger partial charge >= 0.3 is 0 Å². The maximum absolute atomic E-state index is 12.6. The van der Waals surface area contributed by atoms with Crippen molar-refractivity contribution in [3.8, 4) is 0 Å². The Balaban J connectivity index is 1.98. The smallest absolute Gasteiger partial charge is 0.266 e. The Morgan fingerprint density at radius 3 is 2.96 bits per heavy atom. The molecule has 3 heterocycles. The van der Waals surface area contributed by atoms with Crippen molar-refractivity contribution in [1.82, 2.24) is 14.5 Å². The van der Waals surface area contributed by atoms with E-state index in [-0.39, 0.29) is 11.5 Å². The van der Waals surface area contributed by atoms with Crippen LogP contribution in [0, 0.1) is 6.92 Å². The van der Waals surface area contributed by atoms with E-state index in [1.54, 1.807) is 42.3 Å². The molecule has 3 rings (SSSR count). The first-order valence-corrected chi connectivity index (χ1v) is 8.63. The molecule has 0 aliphatic heterocycles. The molecule has 0 fully saturated rings. The van der Waals surface area contributed by atoms with E-state index in [9.17, 15) is 9.59 Å². The van der Waals surface area contributed by atoms with Gasteiger partial charge < -0.3 is 5.32 Å². The van der Waals surface area contributed by atoms with E-state index in [4.69, 9.17) is 0 Å². The highest BCUT2D eigenvalue weighted by Crippen LogP contribution is 2.27. The number of carbonyl (C=O) groups is 1. The maximum atomic E-state index is 12.6. The lowest BCUT2D eigenvalue weighted by Gasteiger charge is -2.04. The molecule has 0 bridgehead atoms. The van der Waals surface area contributed by atoms with Crippen LogP contribution in [0.1, 0.15) is 35.0 Å². The first-order valence-electron chi connectivity index (χ1n) is 7.81. The zero-order chi connectivity index (χ0) is 17.1. The number of rotatable bonds is 5. The normalized spacial score (nSPS) is 10.9. The quantitative estimate of drug-likeness (QED) is 0.772. The second kappa shape index (κ2) is 6.92. The van der Waals surface area contributed by atoms with Gasteiger partial charge in [0.25, 0.3) is 11.5 Å². The number of nitrogens with one attached hydrogen (secondary N) is 1. The van der Waals surface area contributed by atoms with Crippen molar-refractivity contribution >= 4 is 33.1 Å². The predicted octanol–water partition coefficient (Wildman–Crippen LogP) is 3.21.